The molecular formula is C20H42N4O2S2. The monoisotopic (exact) mass is 434 g/mol. The fourth-order valence-electron chi connectivity index (χ4n) is 2.02. The van der Waals surface area contributed by atoms with Gasteiger partial charge in [0.05, 0.1) is 11.7 Å². The summed E-state index contributed by atoms with van der Waals surface area (Å²) in [6.45, 7) is 19.5. The maximum atomic E-state index is 11.9. The normalized spacial score (nSPS) is 11.9. The first-order valence-corrected chi connectivity index (χ1v) is 11.7. The van der Waals surface area contributed by atoms with Crippen molar-refractivity contribution in [1.82, 2.24) is 21.3 Å². The number of rotatable bonds is 12. The molecule has 8 heteroatoms. The van der Waals surface area contributed by atoms with Crippen molar-refractivity contribution in [3.05, 3.63) is 12.3 Å². The molecule has 0 aliphatic carbocycles. The molecule has 1 unspecified atom stereocenters. The van der Waals surface area contributed by atoms with E-state index >= 15 is 0 Å². The second-order valence-corrected chi connectivity index (χ2v) is 9.34. The highest BCUT2D eigenvalue weighted by atomic mass is 32.2. The van der Waals surface area contributed by atoms with E-state index in [9.17, 15) is 9.59 Å². The van der Waals surface area contributed by atoms with Gasteiger partial charge >= 0.3 is 0 Å². The third-order valence-corrected chi connectivity index (χ3v) is 4.55. The van der Waals surface area contributed by atoms with Gasteiger partial charge in [-0.15, -0.1) is 0 Å². The number of amides is 2. The number of hydrogen-bond donors (Lipinski definition) is 5. The van der Waals surface area contributed by atoms with Crippen LogP contribution in [-0.4, -0.2) is 59.3 Å². The second kappa shape index (κ2) is 17.0. The molecule has 4 N–H and O–H groups in total. The maximum Gasteiger partial charge on any atom is 0.266 e. The highest BCUT2D eigenvalue weighted by Gasteiger charge is 2.19. The third kappa shape index (κ3) is 18.5. The van der Waals surface area contributed by atoms with E-state index in [0.717, 1.165) is 17.3 Å². The molecule has 0 saturated heterocycles. The standard InChI is InChI=1S/C11H24N2OS2.C9H18N2O/c1-8(2)12-10(7-16-6-5-15)11(14)13-9(3)4;1-6(2)10-8(5)9(12)11-7(3)4/h8-10,12,15H,5-7H2,1-4H3,(H,13,14);6-7,10H,5H2,1-4H3,(H,11,12). The Morgan fingerprint density at radius 3 is 1.75 bits per heavy atom. The zero-order chi connectivity index (χ0) is 22.3. The van der Waals surface area contributed by atoms with Crippen LogP contribution < -0.4 is 21.3 Å². The smallest absolute Gasteiger partial charge is 0.266 e. The Morgan fingerprint density at radius 2 is 1.36 bits per heavy atom. The topological polar surface area (TPSA) is 82.3 Å². The van der Waals surface area contributed by atoms with Crippen LogP contribution in [-0.2, 0) is 9.59 Å². The van der Waals surface area contributed by atoms with Crippen molar-refractivity contribution >= 4 is 36.2 Å². The van der Waals surface area contributed by atoms with Crippen LogP contribution in [0.1, 0.15) is 55.4 Å². The van der Waals surface area contributed by atoms with Crippen LogP contribution >= 0.6 is 24.4 Å². The van der Waals surface area contributed by atoms with E-state index in [1.807, 2.05) is 41.5 Å². The summed E-state index contributed by atoms with van der Waals surface area (Å²) in [5, 5.41) is 11.9. The molecule has 0 aromatic rings. The van der Waals surface area contributed by atoms with Gasteiger partial charge in [0.1, 0.15) is 0 Å². The number of nitrogens with one attached hydrogen (secondary N) is 4. The van der Waals surface area contributed by atoms with Gasteiger partial charge in [-0.05, 0) is 47.3 Å². The van der Waals surface area contributed by atoms with Gasteiger partial charge < -0.3 is 21.3 Å². The SMILES string of the molecule is C=C(NC(C)C)C(=O)NC(C)C.CC(C)NC(=O)C(CSCCS)NC(C)C. The van der Waals surface area contributed by atoms with Crippen LogP contribution in [0.25, 0.3) is 0 Å². The number of thioether (sulfide) groups is 1. The van der Waals surface area contributed by atoms with Crippen LogP contribution in [0.5, 0.6) is 0 Å². The Balaban J connectivity index is 0. The van der Waals surface area contributed by atoms with Gasteiger partial charge in [-0.3, -0.25) is 9.59 Å². The highest BCUT2D eigenvalue weighted by Crippen LogP contribution is 2.05. The molecule has 0 heterocycles. The largest absolute Gasteiger partial charge is 0.379 e. The second-order valence-electron chi connectivity index (χ2n) is 7.74. The van der Waals surface area contributed by atoms with Crippen molar-refractivity contribution in [3.63, 3.8) is 0 Å². The predicted molar refractivity (Wildman–Crippen MR) is 127 cm³/mol. The van der Waals surface area contributed by atoms with E-state index in [0.29, 0.717) is 11.7 Å². The van der Waals surface area contributed by atoms with Crippen molar-refractivity contribution in [2.24, 2.45) is 0 Å². The van der Waals surface area contributed by atoms with E-state index in [4.69, 9.17) is 0 Å². The van der Waals surface area contributed by atoms with E-state index < -0.39 is 0 Å². The molecule has 0 fully saturated rings. The average Bonchev–Trinajstić information content (AvgIpc) is 2.52. The molecule has 0 saturated carbocycles. The average molecular weight is 435 g/mol. The minimum atomic E-state index is -0.126. The van der Waals surface area contributed by atoms with Crippen LogP contribution in [0.15, 0.2) is 12.3 Å². The van der Waals surface area contributed by atoms with Crippen LogP contribution in [0.3, 0.4) is 0 Å². The molecule has 6 nitrogen and oxygen atoms in total. The van der Waals surface area contributed by atoms with Crippen molar-refractivity contribution in [1.29, 1.82) is 0 Å². The molecule has 166 valence electrons. The van der Waals surface area contributed by atoms with Crippen LogP contribution in [0.2, 0.25) is 0 Å². The molecule has 0 aliphatic rings. The first-order valence-electron chi connectivity index (χ1n) is 9.91. The Morgan fingerprint density at radius 1 is 0.857 bits per heavy atom. The van der Waals surface area contributed by atoms with Gasteiger partial charge in [-0.1, -0.05) is 20.4 Å². The van der Waals surface area contributed by atoms with Gasteiger partial charge in [0.25, 0.3) is 5.91 Å². The predicted octanol–water partition coefficient (Wildman–Crippen LogP) is 2.56. The van der Waals surface area contributed by atoms with Crippen molar-refractivity contribution < 1.29 is 9.59 Å². The Hall–Kier alpha value is -0.860. The van der Waals surface area contributed by atoms with Gasteiger partial charge in [-0.25, -0.2) is 0 Å². The molecule has 0 aliphatic heterocycles. The van der Waals surface area contributed by atoms with Gasteiger partial charge in [0.15, 0.2) is 0 Å². The first-order chi connectivity index (χ1) is 12.9. The molecule has 0 aromatic heterocycles. The molecule has 0 rings (SSSR count). The van der Waals surface area contributed by atoms with Gasteiger partial charge in [0.2, 0.25) is 5.91 Å². The molecule has 0 spiro atoms. The number of hydrogen-bond acceptors (Lipinski definition) is 6. The van der Waals surface area contributed by atoms with Crippen molar-refractivity contribution in [2.45, 2.75) is 85.6 Å². The summed E-state index contributed by atoms with van der Waals surface area (Å²) in [5.41, 5.74) is 0.429. The van der Waals surface area contributed by atoms with Crippen LogP contribution in [0.4, 0.5) is 0 Å². The molecular weight excluding hydrogens is 392 g/mol. The molecule has 0 radical (unpaired) electrons. The molecule has 1 atom stereocenters. The Bertz CT molecular complexity index is 435. The molecule has 28 heavy (non-hydrogen) atoms. The summed E-state index contributed by atoms with van der Waals surface area (Å²) in [6, 6.07) is 0.810. The number of carbonyl (C=O) groups excluding carboxylic acids is 2. The third-order valence-electron chi connectivity index (χ3n) is 2.96. The number of carbonyl (C=O) groups is 2. The zero-order valence-corrected chi connectivity index (χ0v) is 20.6. The summed E-state index contributed by atoms with van der Waals surface area (Å²) in [7, 11) is 0. The summed E-state index contributed by atoms with van der Waals surface area (Å²) in [6.07, 6.45) is 0. The van der Waals surface area contributed by atoms with Gasteiger partial charge in [0, 0.05) is 35.7 Å². The summed E-state index contributed by atoms with van der Waals surface area (Å²) >= 11 is 5.92. The lowest BCUT2D eigenvalue weighted by atomic mass is 10.2. The molecule has 0 bridgehead atoms. The van der Waals surface area contributed by atoms with E-state index in [-0.39, 0.29) is 36.0 Å². The lowest BCUT2D eigenvalue weighted by Gasteiger charge is -2.21. The van der Waals surface area contributed by atoms with E-state index in [1.54, 1.807) is 11.8 Å². The molecule has 2 amide bonds. The number of thiol groups is 1. The van der Waals surface area contributed by atoms with Crippen molar-refractivity contribution in [3.8, 4) is 0 Å². The zero-order valence-electron chi connectivity index (χ0n) is 18.9. The minimum absolute atomic E-state index is 0.0929. The fourth-order valence-corrected chi connectivity index (χ4v) is 3.18. The minimum Gasteiger partial charge on any atom is -0.379 e. The first kappa shape index (κ1) is 29.3. The maximum absolute atomic E-state index is 11.9. The van der Waals surface area contributed by atoms with E-state index in [1.165, 1.54) is 0 Å². The van der Waals surface area contributed by atoms with Crippen LogP contribution in [0, 0.1) is 0 Å². The summed E-state index contributed by atoms with van der Waals surface area (Å²) in [5.74, 6) is 2.60. The molecule has 0 aromatic carbocycles. The van der Waals surface area contributed by atoms with Gasteiger partial charge in [-0.2, -0.15) is 24.4 Å². The summed E-state index contributed by atoms with van der Waals surface area (Å²) < 4.78 is 0. The van der Waals surface area contributed by atoms with E-state index in [2.05, 4.69) is 54.3 Å². The lowest BCUT2D eigenvalue weighted by Crippen LogP contribution is -2.50. The Kier molecular flexibility index (Phi) is 17.9. The highest BCUT2D eigenvalue weighted by molar-refractivity contribution is 8.00. The fraction of sp³-hybridized carbons (Fsp3) is 0.800. The Labute approximate surface area is 182 Å². The van der Waals surface area contributed by atoms with Crippen molar-refractivity contribution in [2.75, 3.05) is 17.3 Å². The lowest BCUT2D eigenvalue weighted by molar-refractivity contribution is -0.123. The summed E-state index contributed by atoms with van der Waals surface area (Å²) in [4.78, 5) is 23.1. The quantitative estimate of drug-likeness (QED) is 0.185.